The molecule has 1 amide bonds. The zero-order chi connectivity index (χ0) is 11.8. The van der Waals surface area contributed by atoms with Gasteiger partial charge in [0.2, 0.25) is 5.91 Å². The third kappa shape index (κ3) is 1.95. The topological polar surface area (TPSA) is 46.3 Å². The van der Waals surface area contributed by atoms with Gasteiger partial charge < -0.3 is 10.6 Å². The van der Waals surface area contributed by atoms with Gasteiger partial charge in [-0.25, -0.2) is 0 Å². The molecule has 90 valence electrons. The first-order valence-electron chi connectivity index (χ1n) is 6.33. The van der Waals surface area contributed by atoms with Crippen molar-refractivity contribution < 1.29 is 4.79 Å². The lowest BCUT2D eigenvalue weighted by Gasteiger charge is -2.39. The smallest absolute Gasteiger partial charge is 0.226 e. The van der Waals surface area contributed by atoms with Crippen molar-refractivity contribution in [2.45, 2.75) is 12.3 Å². The van der Waals surface area contributed by atoms with Gasteiger partial charge in [-0.05, 0) is 24.4 Å². The summed E-state index contributed by atoms with van der Waals surface area (Å²) in [5.41, 5.74) is 6.88. The Kier molecular flexibility index (Phi) is 2.63. The Balaban J connectivity index is 1.57. The van der Waals surface area contributed by atoms with E-state index in [1.165, 1.54) is 5.56 Å². The maximum atomic E-state index is 12.1. The average Bonchev–Trinajstić information content (AvgIpc) is 3.08. The predicted molar refractivity (Wildman–Crippen MR) is 66.4 cm³/mol. The molecular weight excluding hydrogens is 212 g/mol. The Morgan fingerprint density at radius 2 is 2.00 bits per heavy atom. The summed E-state index contributed by atoms with van der Waals surface area (Å²) in [5.74, 6) is 1.56. The number of hydrogen-bond donors (Lipinski definition) is 1. The predicted octanol–water partition coefficient (Wildman–Crippen LogP) is 1.21. The highest BCUT2D eigenvalue weighted by atomic mass is 16.2. The SMILES string of the molecule is NCC1CN(C(=O)C2CC2c2ccccc2)C1. The lowest BCUT2D eigenvalue weighted by Crippen LogP contribution is -2.53. The second kappa shape index (κ2) is 4.15. The van der Waals surface area contributed by atoms with Crippen LogP contribution in [-0.2, 0) is 4.79 Å². The van der Waals surface area contributed by atoms with Gasteiger partial charge in [-0.3, -0.25) is 4.79 Å². The number of nitrogens with two attached hydrogens (primary N) is 1. The van der Waals surface area contributed by atoms with E-state index in [2.05, 4.69) is 12.1 Å². The number of carbonyl (C=O) groups excluding carboxylic acids is 1. The lowest BCUT2D eigenvalue weighted by atomic mass is 9.99. The van der Waals surface area contributed by atoms with Crippen molar-refractivity contribution in [3.05, 3.63) is 35.9 Å². The van der Waals surface area contributed by atoms with Crippen LogP contribution in [0.3, 0.4) is 0 Å². The van der Waals surface area contributed by atoms with Crippen LogP contribution in [0, 0.1) is 11.8 Å². The summed E-state index contributed by atoms with van der Waals surface area (Å²) in [6.07, 6.45) is 1.02. The zero-order valence-electron chi connectivity index (χ0n) is 9.88. The van der Waals surface area contributed by atoms with Crippen LogP contribution in [0.15, 0.2) is 30.3 Å². The van der Waals surface area contributed by atoms with E-state index in [9.17, 15) is 4.79 Å². The number of carbonyl (C=O) groups is 1. The van der Waals surface area contributed by atoms with Crippen LogP contribution in [-0.4, -0.2) is 30.4 Å². The van der Waals surface area contributed by atoms with Crippen molar-refractivity contribution in [3.63, 3.8) is 0 Å². The summed E-state index contributed by atoms with van der Waals surface area (Å²) in [5, 5.41) is 0. The molecule has 17 heavy (non-hydrogen) atoms. The number of likely N-dealkylation sites (tertiary alicyclic amines) is 1. The fraction of sp³-hybridized carbons (Fsp3) is 0.500. The van der Waals surface area contributed by atoms with E-state index < -0.39 is 0 Å². The van der Waals surface area contributed by atoms with Crippen molar-refractivity contribution in [3.8, 4) is 0 Å². The van der Waals surface area contributed by atoms with Gasteiger partial charge in [0.25, 0.3) is 0 Å². The largest absolute Gasteiger partial charge is 0.342 e. The van der Waals surface area contributed by atoms with Crippen LogP contribution in [0.25, 0.3) is 0 Å². The molecule has 3 nitrogen and oxygen atoms in total. The van der Waals surface area contributed by atoms with Crippen LogP contribution in [0.2, 0.25) is 0 Å². The van der Waals surface area contributed by atoms with Gasteiger partial charge >= 0.3 is 0 Å². The minimum absolute atomic E-state index is 0.233. The molecule has 1 saturated carbocycles. The lowest BCUT2D eigenvalue weighted by molar-refractivity contribution is -0.138. The fourth-order valence-corrected chi connectivity index (χ4v) is 2.67. The number of benzene rings is 1. The molecule has 1 aliphatic heterocycles. The summed E-state index contributed by atoms with van der Waals surface area (Å²) in [6, 6.07) is 10.4. The van der Waals surface area contributed by atoms with Crippen LogP contribution < -0.4 is 5.73 Å². The first kappa shape index (κ1) is 10.8. The van der Waals surface area contributed by atoms with Crippen LogP contribution in [0.5, 0.6) is 0 Å². The van der Waals surface area contributed by atoms with Gasteiger partial charge in [0.1, 0.15) is 0 Å². The van der Waals surface area contributed by atoms with Crippen molar-refractivity contribution >= 4 is 5.91 Å². The fourth-order valence-electron chi connectivity index (χ4n) is 2.67. The molecule has 2 unspecified atom stereocenters. The van der Waals surface area contributed by atoms with Gasteiger partial charge in [0.05, 0.1) is 0 Å². The first-order valence-corrected chi connectivity index (χ1v) is 6.33. The molecule has 3 heteroatoms. The molecule has 2 N–H and O–H groups in total. The van der Waals surface area contributed by atoms with Crippen molar-refractivity contribution in [2.24, 2.45) is 17.6 Å². The molecule has 1 aromatic rings. The monoisotopic (exact) mass is 230 g/mol. The molecule has 0 bridgehead atoms. The van der Waals surface area contributed by atoms with Gasteiger partial charge in [-0.1, -0.05) is 30.3 Å². The third-order valence-electron chi connectivity index (χ3n) is 3.94. The molecule has 2 aliphatic rings. The van der Waals surface area contributed by atoms with Crippen LogP contribution in [0.1, 0.15) is 17.9 Å². The molecule has 3 rings (SSSR count). The zero-order valence-corrected chi connectivity index (χ0v) is 9.88. The van der Waals surface area contributed by atoms with E-state index in [0.717, 1.165) is 19.5 Å². The first-order chi connectivity index (χ1) is 8.29. The number of rotatable bonds is 3. The van der Waals surface area contributed by atoms with E-state index in [4.69, 9.17) is 5.73 Å². The maximum Gasteiger partial charge on any atom is 0.226 e. The highest BCUT2D eigenvalue weighted by molar-refractivity contribution is 5.83. The molecule has 1 aromatic carbocycles. The molecule has 1 aliphatic carbocycles. The maximum absolute atomic E-state index is 12.1. The minimum atomic E-state index is 0.233. The molecule has 0 radical (unpaired) electrons. The van der Waals surface area contributed by atoms with Gasteiger partial charge in [-0.15, -0.1) is 0 Å². The summed E-state index contributed by atoms with van der Waals surface area (Å²) in [7, 11) is 0. The summed E-state index contributed by atoms with van der Waals surface area (Å²) < 4.78 is 0. The minimum Gasteiger partial charge on any atom is -0.342 e. The highest BCUT2D eigenvalue weighted by Gasteiger charge is 2.47. The van der Waals surface area contributed by atoms with E-state index >= 15 is 0 Å². The van der Waals surface area contributed by atoms with E-state index in [0.29, 0.717) is 24.3 Å². The van der Waals surface area contributed by atoms with Gasteiger partial charge in [-0.2, -0.15) is 0 Å². The Hall–Kier alpha value is -1.35. The third-order valence-corrected chi connectivity index (χ3v) is 3.94. The summed E-state index contributed by atoms with van der Waals surface area (Å²) >= 11 is 0. The molecule has 1 heterocycles. The van der Waals surface area contributed by atoms with E-state index in [-0.39, 0.29) is 5.92 Å². The Morgan fingerprint density at radius 1 is 1.29 bits per heavy atom. The second-order valence-electron chi connectivity index (χ2n) is 5.20. The van der Waals surface area contributed by atoms with Crippen molar-refractivity contribution in [1.82, 2.24) is 4.90 Å². The summed E-state index contributed by atoms with van der Waals surface area (Å²) in [6.45, 7) is 2.44. The normalized spacial score (nSPS) is 27.7. The average molecular weight is 230 g/mol. The van der Waals surface area contributed by atoms with E-state index in [1.807, 2.05) is 23.1 Å². The van der Waals surface area contributed by atoms with Crippen LogP contribution >= 0.6 is 0 Å². The highest BCUT2D eigenvalue weighted by Crippen LogP contribution is 2.48. The van der Waals surface area contributed by atoms with E-state index in [1.54, 1.807) is 0 Å². The standard InChI is InChI=1S/C14H18N2O/c15-7-10-8-16(9-10)14(17)13-6-12(13)11-4-2-1-3-5-11/h1-5,10,12-13H,6-9,15H2. The van der Waals surface area contributed by atoms with Gasteiger partial charge in [0.15, 0.2) is 0 Å². The Morgan fingerprint density at radius 3 is 2.65 bits per heavy atom. The second-order valence-corrected chi connectivity index (χ2v) is 5.20. The number of nitrogens with zero attached hydrogens (tertiary/aromatic N) is 1. The molecular formula is C14H18N2O. The number of amides is 1. The van der Waals surface area contributed by atoms with Crippen molar-refractivity contribution in [2.75, 3.05) is 19.6 Å². The molecule has 0 spiro atoms. The molecule has 2 fully saturated rings. The molecule has 0 aromatic heterocycles. The van der Waals surface area contributed by atoms with Crippen LogP contribution in [0.4, 0.5) is 0 Å². The Labute approximate surface area is 102 Å². The van der Waals surface area contributed by atoms with Gasteiger partial charge in [0, 0.05) is 24.9 Å². The number of hydrogen-bond acceptors (Lipinski definition) is 2. The molecule has 1 saturated heterocycles. The quantitative estimate of drug-likeness (QED) is 0.848. The molecule has 2 atom stereocenters. The Bertz CT molecular complexity index is 411. The summed E-state index contributed by atoms with van der Waals surface area (Å²) in [4.78, 5) is 14.1. The van der Waals surface area contributed by atoms with Crippen molar-refractivity contribution in [1.29, 1.82) is 0 Å².